The highest BCUT2D eigenvalue weighted by Gasteiger charge is 2.11. The molecule has 0 aliphatic carbocycles. The van der Waals surface area contributed by atoms with E-state index in [1.54, 1.807) is 24.7 Å². The van der Waals surface area contributed by atoms with Crippen LogP contribution >= 0.6 is 11.3 Å². The predicted octanol–water partition coefficient (Wildman–Crippen LogP) is 5.12. The van der Waals surface area contributed by atoms with Crippen LogP contribution in [0.25, 0.3) is 20.9 Å². The summed E-state index contributed by atoms with van der Waals surface area (Å²) >= 11 is 1.52. The molecule has 4 rings (SSSR count). The second-order valence-electron chi connectivity index (χ2n) is 7.28. The Hall–Kier alpha value is -3.36. The van der Waals surface area contributed by atoms with E-state index in [-0.39, 0.29) is 5.82 Å². The summed E-state index contributed by atoms with van der Waals surface area (Å²) in [4.78, 5) is 5.38. The van der Waals surface area contributed by atoms with Gasteiger partial charge in [-0.1, -0.05) is 12.1 Å². The van der Waals surface area contributed by atoms with Crippen LogP contribution in [0.1, 0.15) is 24.1 Å². The van der Waals surface area contributed by atoms with Crippen molar-refractivity contribution in [2.75, 3.05) is 6.54 Å². The number of nitrogens with one attached hydrogen (secondary N) is 2. The van der Waals surface area contributed by atoms with Gasteiger partial charge in [-0.3, -0.25) is 5.84 Å². The smallest absolute Gasteiger partial charge is 0.236 e. The third-order valence-electron chi connectivity index (χ3n) is 4.88. The number of rotatable bonds is 11. The topological polar surface area (TPSA) is 85.3 Å². The second kappa shape index (κ2) is 10.8. The molecule has 32 heavy (non-hydrogen) atoms. The van der Waals surface area contributed by atoms with Gasteiger partial charge in [-0.15, -0.1) is 11.3 Å². The van der Waals surface area contributed by atoms with E-state index in [4.69, 9.17) is 15.0 Å². The van der Waals surface area contributed by atoms with Gasteiger partial charge in [0.05, 0.1) is 4.88 Å². The van der Waals surface area contributed by atoms with E-state index in [1.165, 1.54) is 29.0 Å². The zero-order valence-electron chi connectivity index (χ0n) is 17.5. The highest BCUT2D eigenvalue weighted by Crippen LogP contribution is 2.33. The number of unbranched alkanes of at least 4 members (excludes halogenated alkanes) is 1. The largest absolute Gasteiger partial charge is 0.487 e. The quantitative estimate of drug-likeness (QED) is 0.166. The van der Waals surface area contributed by atoms with Crippen LogP contribution in [-0.2, 0) is 13.0 Å². The van der Waals surface area contributed by atoms with Crippen molar-refractivity contribution in [1.29, 1.82) is 0 Å². The number of nitrogens with two attached hydrogens (primary N) is 1. The van der Waals surface area contributed by atoms with Crippen LogP contribution in [0.2, 0.25) is 0 Å². The molecule has 166 valence electrons. The van der Waals surface area contributed by atoms with Crippen LogP contribution in [0.15, 0.2) is 71.6 Å². The maximum atomic E-state index is 13.4. The third kappa shape index (κ3) is 5.87. The summed E-state index contributed by atoms with van der Waals surface area (Å²) in [6, 6.07) is 14.8. The first-order chi connectivity index (χ1) is 15.7. The first-order valence-electron chi connectivity index (χ1n) is 10.4. The summed E-state index contributed by atoms with van der Waals surface area (Å²) in [5.74, 6) is 6.21. The minimum Gasteiger partial charge on any atom is -0.487 e. The molecule has 0 fully saturated rings. The SMILES string of the molecule is NN/C=C\NCCCCc1ccc(OCc2coc(-c3cc4cc(F)ccc4s3)n2)cc1. The number of thiophene rings is 1. The molecule has 6 nitrogen and oxygen atoms in total. The van der Waals surface area contributed by atoms with Crippen molar-refractivity contribution in [2.24, 2.45) is 5.84 Å². The Morgan fingerprint density at radius 2 is 1.97 bits per heavy atom. The van der Waals surface area contributed by atoms with E-state index in [1.807, 2.05) is 18.2 Å². The Balaban J connectivity index is 1.25. The van der Waals surface area contributed by atoms with Crippen molar-refractivity contribution in [3.8, 4) is 16.5 Å². The molecule has 0 radical (unpaired) electrons. The summed E-state index contributed by atoms with van der Waals surface area (Å²) in [5, 5.41) is 4.01. The third-order valence-corrected chi connectivity index (χ3v) is 5.99. The van der Waals surface area contributed by atoms with Gasteiger partial charge in [0, 0.05) is 23.6 Å². The van der Waals surface area contributed by atoms with E-state index >= 15 is 0 Å². The van der Waals surface area contributed by atoms with Gasteiger partial charge in [-0.05, 0) is 66.6 Å². The fourth-order valence-electron chi connectivity index (χ4n) is 3.26. The van der Waals surface area contributed by atoms with Gasteiger partial charge in [-0.25, -0.2) is 9.37 Å². The van der Waals surface area contributed by atoms with Crippen LogP contribution in [0.4, 0.5) is 4.39 Å². The van der Waals surface area contributed by atoms with E-state index in [0.29, 0.717) is 18.2 Å². The average Bonchev–Trinajstić information content (AvgIpc) is 3.44. The molecule has 0 aliphatic rings. The van der Waals surface area contributed by atoms with Crippen LogP contribution in [0.5, 0.6) is 5.75 Å². The lowest BCUT2D eigenvalue weighted by Gasteiger charge is -2.06. The number of benzene rings is 2. The summed E-state index contributed by atoms with van der Waals surface area (Å²) in [6.45, 7) is 1.23. The van der Waals surface area contributed by atoms with E-state index < -0.39 is 0 Å². The zero-order valence-corrected chi connectivity index (χ0v) is 18.3. The molecule has 0 saturated heterocycles. The first kappa shape index (κ1) is 21.9. The lowest BCUT2D eigenvalue weighted by molar-refractivity contribution is 0.301. The first-order valence-corrected chi connectivity index (χ1v) is 11.2. The molecule has 2 aromatic carbocycles. The Bertz CT molecular complexity index is 1170. The van der Waals surface area contributed by atoms with Crippen LogP contribution in [-0.4, -0.2) is 11.5 Å². The highest BCUT2D eigenvalue weighted by atomic mass is 32.1. The molecule has 4 N–H and O–H groups in total. The Labute approximate surface area is 189 Å². The Morgan fingerprint density at radius 3 is 2.81 bits per heavy atom. The number of aromatic nitrogens is 1. The molecule has 4 aromatic rings. The van der Waals surface area contributed by atoms with Gasteiger partial charge in [-0.2, -0.15) is 0 Å². The van der Waals surface area contributed by atoms with Crippen molar-refractivity contribution >= 4 is 21.4 Å². The molecular formula is C24H25FN4O2S. The number of oxazole rings is 1. The number of aryl methyl sites for hydroxylation is 1. The molecule has 0 saturated carbocycles. The monoisotopic (exact) mass is 452 g/mol. The fourth-order valence-corrected chi connectivity index (χ4v) is 4.24. The minimum absolute atomic E-state index is 0.250. The van der Waals surface area contributed by atoms with Crippen LogP contribution in [0.3, 0.4) is 0 Å². The summed E-state index contributed by atoms with van der Waals surface area (Å²) in [5.41, 5.74) is 4.44. The second-order valence-corrected chi connectivity index (χ2v) is 8.36. The van der Waals surface area contributed by atoms with Crippen molar-refractivity contribution < 1.29 is 13.5 Å². The van der Waals surface area contributed by atoms with Crippen molar-refractivity contribution in [1.82, 2.24) is 15.7 Å². The van der Waals surface area contributed by atoms with Crippen molar-refractivity contribution in [2.45, 2.75) is 25.9 Å². The lowest BCUT2D eigenvalue weighted by Crippen LogP contribution is -2.16. The van der Waals surface area contributed by atoms with E-state index in [0.717, 1.165) is 46.5 Å². The Kier molecular flexibility index (Phi) is 7.37. The minimum atomic E-state index is -0.250. The lowest BCUT2D eigenvalue weighted by atomic mass is 10.1. The summed E-state index contributed by atoms with van der Waals surface area (Å²) < 4.78 is 25.9. The Morgan fingerprint density at radius 1 is 1.09 bits per heavy atom. The molecular weight excluding hydrogens is 427 g/mol. The molecule has 0 amide bonds. The average molecular weight is 453 g/mol. The number of halogens is 1. The summed E-state index contributed by atoms with van der Waals surface area (Å²) in [6.07, 6.45) is 8.26. The maximum Gasteiger partial charge on any atom is 0.236 e. The van der Waals surface area contributed by atoms with Crippen LogP contribution < -0.4 is 21.3 Å². The number of hydrogen-bond donors (Lipinski definition) is 3. The number of nitrogens with zero attached hydrogens (tertiary/aromatic N) is 1. The maximum absolute atomic E-state index is 13.4. The summed E-state index contributed by atoms with van der Waals surface area (Å²) in [7, 11) is 0. The number of hydrazine groups is 1. The van der Waals surface area contributed by atoms with Crippen molar-refractivity contribution in [3.05, 3.63) is 84.3 Å². The van der Waals surface area contributed by atoms with Gasteiger partial charge >= 0.3 is 0 Å². The van der Waals surface area contributed by atoms with Crippen molar-refractivity contribution in [3.63, 3.8) is 0 Å². The molecule has 0 spiro atoms. The van der Waals surface area contributed by atoms with E-state index in [9.17, 15) is 4.39 Å². The predicted molar refractivity (Wildman–Crippen MR) is 125 cm³/mol. The van der Waals surface area contributed by atoms with Crippen LogP contribution in [0, 0.1) is 5.82 Å². The fraction of sp³-hybridized carbons (Fsp3) is 0.208. The van der Waals surface area contributed by atoms with Gasteiger partial charge < -0.3 is 19.9 Å². The number of fused-ring (bicyclic) bond motifs is 1. The van der Waals surface area contributed by atoms with E-state index in [2.05, 4.69) is 27.9 Å². The number of ether oxygens (including phenoxy) is 1. The standard InChI is InChI=1S/C24H25FN4O2S/c25-19-6-9-22-18(13-19)14-23(32-22)24-29-20(16-31-24)15-30-21-7-4-17(5-8-21)3-1-2-10-27-11-12-28-26/h4-9,11-14,16,27-28H,1-3,10,15,26H2/b12-11-. The van der Waals surface area contributed by atoms with Gasteiger partial charge in [0.2, 0.25) is 5.89 Å². The molecule has 2 aromatic heterocycles. The molecule has 0 bridgehead atoms. The molecule has 0 aliphatic heterocycles. The number of hydrogen-bond acceptors (Lipinski definition) is 7. The van der Waals surface area contributed by atoms with Gasteiger partial charge in [0.15, 0.2) is 0 Å². The molecule has 8 heteroatoms. The molecule has 0 unspecified atom stereocenters. The highest BCUT2D eigenvalue weighted by molar-refractivity contribution is 7.22. The molecule has 0 atom stereocenters. The van der Waals surface area contributed by atoms with Gasteiger partial charge in [0.25, 0.3) is 0 Å². The molecule has 2 heterocycles. The zero-order chi connectivity index (χ0) is 22.2. The normalized spacial score (nSPS) is 11.3. The van der Waals surface area contributed by atoms with Gasteiger partial charge in [0.1, 0.15) is 30.1 Å².